The van der Waals surface area contributed by atoms with E-state index in [4.69, 9.17) is 10.2 Å². The first-order valence-corrected chi connectivity index (χ1v) is 6.94. The van der Waals surface area contributed by atoms with Gasteiger partial charge in [-0.05, 0) is 0 Å². The molecule has 4 nitrogen and oxygen atoms in total. The van der Waals surface area contributed by atoms with E-state index in [2.05, 4.69) is 0 Å². The molecule has 1 rings (SSSR count). The molecule has 1 atom stereocenters. The molecule has 1 aromatic carbocycles. The highest BCUT2D eigenvalue weighted by molar-refractivity contribution is 6.79. The van der Waals surface area contributed by atoms with E-state index in [1.165, 1.54) is 0 Å². The molecule has 5 heteroatoms. The van der Waals surface area contributed by atoms with Crippen LogP contribution in [-0.4, -0.2) is 30.9 Å². The number of carboxylic acids is 2. The average molecular weight is 224 g/mol. The molecule has 0 saturated heterocycles. The zero-order valence-electron chi connectivity index (χ0n) is 8.25. The summed E-state index contributed by atoms with van der Waals surface area (Å²) in [5.74, 6) is -2.49. The Morgan fingerprint density at radius 1 is 1.13 bits per heavy atom. The van der Waals surface area contributed by atoms with Crippen molar-refractivity contribution in [2.45, 2.75) is 12.1 Å². The van der Waals surface area contributed by atoms with Crippen LogP contribution in [0.15, 0.2) is 30.3 Å². The fourth-order valence-corrected chi connectivity index (χ4v) is 3.55. The van der Waals surface area contributed by atoms with Crippen LogP contribution in [0.3, 0.4) is 0 Å². The van der Waals surface area contributed by atoms with Gasteiger partial charge in [-0.25, -0.2) is 0 Å². The summed E-state index contributed by atoms with van der Waals surface area (Å²) in [5.41, 5.74) is -1.26. The van der Waals surface area contributed by atoms with Crippen molar-refractivity contribution in [3.05, 3.63) is 30.3 Å². The first-order valence-electron chi connectivity index (χ1n) is 4.54. The summed E-state index contributed by atoms with van der Waals surface area (Å²) in [6.07, 6.45) is 0. The molecule has 0 bridgehead atoms. The van der Waals surface area contributed by atoms with Crippen molar-refractivity contribution in [1.29, 1.82) is 0 Å². The van der Waals surface area contributed by atoms with Crippen molar-refractivity contribution in [3.63, 3.8) is 0 Å². The lowest BCUT2D eigenvalue weighted by atomic mass is 10.4. The molecule has 1 unspecified atom stereocenters. The highest BCUT2D eigenvalue weighted by Gasteiger charge is 2.33. The maximum absolute atomic E-state index is 10.8. The Morgan fingerprint density at radius 3 is 2.00 bits per heavy atom. The minimum atomic E-state index is -1.99. The van der Waals surface area contributed by atoms with E-state index in [9.17, 15) is 9.59 Å². The SMILES string of the molecule is C[SiH](c1ccccc1)C(C(=O)O)C(=O)O. The van der Waals surface area contributed by atoms with Gasteiger partial charge >= 0.3 is 11.9 Å². The quantitative estimate of drug-likeness (QED) is 0.569. The maximum atomic E-state index is 10.8. The highest BCUT2D eigenvalue weighted by Crippen LogP contribution is 2.11. The van der Waals surface area contributed by atoms with Crippen molar-refractivity contribution < 1.29 is 19.8 Å². The smallest absolute Gasteiger partial charge is 0.315 e. The van der Waals surface area contributed by atoms with Crippen LogP contribution in [-0.2, 0) is 9.59 Å². The number of rotatable bonds is 4. The lowest BCUT2D eigenvalue weighted by molar-refractivity contribution is -0.147. The fraction of sp³-hybridized carbons (Fsp3) is 0.200. The summed E-state index contributed by atoms with van der Waals surface area (Å²) in [5, 5.41) is 18.5. The van der Waals surface area contributed by atoms with Gasteiger partial charge in [0, 0.05) is 0 Å². The van der Waals surface area contributed by atoms with Gasteiger partial charge in [-0.15, -0.1) is 0 Å². The zero-order valence-corrected chi connectivity index (χ0v) is 9.41. The predicted octanol–water partition coefficient (Wildman–Crippen LogP) is 0.290. The molecule has 0 aliphatic heterocycles. The molecule has 0 aliphatic rings. The van der Waals surface area contributed by atoms with Crippen LogP contribution in [0.4, 0.5) is 0 Å². The van der Waals surface area contributed by atoms with Crippen molar-refractivity contribution in [2.24, 2.45) is 0 Å². The molecular formula is C10H12O4Si. The highest BCUT2D eigenvalue weighted by atomic mass is 28.3. The molecule has 15 heavy (non-hydrogen) atoms. The second-order valence-corrected chi connectivity index (χ2v) is 6.26. The molecule has 0 aromatic heterocycles. The van der Waals surface area contributed by atoms with E-state index < -0.39 is 26.3 Å². The van der Waals surface area contributed by atoms with Crippen LogP contribution in [0.25, 0.3) is 0 Å². The van der Waals surface area contributed by atoms with Crippen molar-refractivity contribution in [3.8, 4) is 0 Å². The Bertz CT molecular complexity index is 349. The maximum Gasteiger partial charge on any atom is 0.315 e. The van der Waals surface area contributed by atoms with Crippen LogP contribution in [0.5, 0.6) is 0 Å². The molecule has 0 saturated carbocycles. The lowest BCUT2D eigenvalue weighted by Gasteiger charge is -2.14. The number of carboxylic acid groups (broad SMARTS) is 2. The summed E-state index contributed by atoms with van der Waals surface area (Å²) in [6, 6.07) is 8.98. The second-order valence-electron chi connectivity index (χ2n) is 3.35. The molecule has 0 amide bonds. The second kappa shape index (κ2) is 4.74. The summed E-state index contributed by atoms with van der Waals surface area (Å²) in [6.45, 7) is 1.74. The zero-order chi connectivity index (χ0) is 11.4. The molecule has 0 fully saturated rings. The first-order chi connectivity index (χ1) is 7.04. The van der Waals surface area contributed by atoms with E-state index >= 15 is 0 Å². The van der Waals surface area contributed by atoms with Crippen molar-refractivity contribution >= 4 is 25.9 Å². The van der Waals surface area contributed by atoms with E-state index in [0.717, 1.165) is 5.19 Å². The van der Waals surface area contributed by atoms with Crippen molar-refractivity contribution in [2.75, 3.05) is 0 Å². The van der Waals surface area contributed by atoms with Gasteiger partial charge < -0.3 is 10.2 Å². The number of benzene rings is 1. The molecular weight excluding hydrogens is 212 g/mol. The van der Waals surface area contributed by atoms with Gasteiger partial charge in [0.1, 0.15) is 5.54 Å². The van der Waals surface area contributed by atoms with E-state index in [-0.39, 0.29) is 0 Å². The lowest BCUT2D eigenvalue weighted by Crippen LogP contribution is -2.39. The van der Waals surface area contributed by atoms with Gasteiger partial charge in [-0.3, -0.25) is 9.59 Å². The van der Waals surface area contributed by atoms with Crippen LogP contribution in [0.1, 0.15) is 0 Å². The van der Waals surface area contributed by atoms with E-state index in [0.29, 0.717) is 0 Å². The van der Waals surface area contributed by atoms with Crippen LogP contribution >= 0.6 is 0 Å². The van der Waals surface area contributed by atoms with E-state index in [1.54, 1.807) is 30.8 Å². The van der Waals surface area contributed by atoms with E-state index in [1.807, 2.05) is 6.07 Å². The third-order valence-electron chi connectivity index (χ3n) is 2.36. The van der Waals surface area contributed by atoms with Gasteiger partial charge in [0.25, 0.3) is 0 Å². The number of aliphatic carboxylic acids is 2. The standard InChI is InChI=1S/C10H12O4Si/c1-15(7-5-3-2-4-6-7)8(9(11)12)10(13)14/h2-6,8,15H,1H3,(H,11,12)(H,13,14). The molecule has 0 spiro atoms. The largest absolute Gasteiger partial charge is 0.481 e. The topological polar surface area (TPSA) is 74.6 Å². The molecule has 1 aromatic rings. The van der Waals surface area contributed by atoms with Gasteiger partial charge in [-0.2, -0.15) is 0 Å². The molecule has 0 radical (unpaired) electrons. The Morgan fingerprint density at radius 2 is 1.60 bits per heavy atom. The van der Waals surface area contributed by atoms with Gasteiger partial charge in [-0.1, -0.05) is 42.1 Å². The minimum absolute atomic E-state index is 0.854. The minimum Gasteiger partial charge on any atom is -0.481 e. The summed E-state index contributed by atoms with van der Waals surface area (Å²) in [4.78, 5) is 21.6. The van der Waals surface area contributed by atoms with Crippen LogP contribution in [0.2, 0.25) is 12.1 Å². The Labute approximate surface area is 88.8 Å². The monoisotopic (exact) mass is 224 g/mol. The first kappa shape index (κ1) is 11.5. The van der Waals surface area contributed by atoms with Gasteiger partial charge in [0.15, 0.2) is 0 Å². The molecule has 0 heterocycles. The Hall–Kier alpha value is -1.62. The predicted molar refractivity (Wildman–Crippen MR) is 58.1 cm³/mol. The van der Waals surface area contributed by atoms with Gasteiger partial charge in [0.05, 0.1) is 8.80 Å². The third-order valence-corrected chi connectivity index (χ3v) is 5.36. The Balaban J connectivity index is 2.96. The van der Waals surface area contributed by atoms with Crippen molar-refractivity contribution in [1.82, 2.24) is 0 Å². The third kappa shape index (κ3) is 2.66. The summed E-state index contributed by atoms with van der Waals surface area (Å²) >= 11 is 0. The summed E-state index contributed by atoms with van der Waals surface area (Å²) in [7, 11) is -1.99. The Kier molecular flexibility index (Phi) is 3.62. The normalized spacial score (nSPS) is 12.4. The number of carbonyl (C=O) groups is 2. The van der Waals surface area contributed by atoms with Gasteiger partial charge in [0.2, 0.25) is 0 Å². The number of hydrogen-bond donors (Lipinski definition) is 2. The molecule has 80 valence electrons. The van der Waals surface area contributed by atoms with Crippen LogP contribution in [0, 0.1) is 0 Å². The van der Waals surface area contributed by atoms with Crippen LogP contribution < -0.4 is 5.19 Å². The summed E-state index contributed by atoms with van der Waals surface area (Å²) < 4.78 is 0. The number of hydrogen-bond acceptors (Lipinski definition) is 2. The fourth-order valence-electron chi connectivity index (χ4n) is 1.48. The average Bonchev–Trinajstić information content (AvgIpc) is 2.18. The molecule has 0 aliphatic carbocycles. The molecule has 2 N–H and O–H groups in total.